The van der Waals surface area contributed by atoms with Crippen molar-refractivity contribution in [2.24, 2.45) is 22.9 Å². The predicted molar refractivity (Wildman–Crippen MR) is 62.0 cm³/mol. The first kappa shape index (κ1) is 30.7. The Labute approximate surface area is 128 Å². The van der Waals surface area contributed by atoms with Gasteiger partial charge in [-0.2, -0.15) is 0 Å². The van der Waals surface area contributed by atoms with Gasteiger partial charge >= 0.3 is 17.1 Å². The fourth-order valence-electron chi connectivity index (χ4n) is 0.658. The molecule has 6 nitrogen and oxygen atoms in total. The monoisotopic (exact) mass is 339 g/mol. The summed E-state index contributed by atoms with van der Waals surface area (Å²) in [5.74, 6) is 0. The van der Waals surface area contributed by atoms with Crippen molar-refractivity contribution in [1.82, 2.24) is 10.6 Å². The Hall–Kier alpha value is 0.859. The molecule has 0 aliphatic rings. The molecule has 0 saturated heterocycles. The summed E-state index contributed by atoms with van der Waals surface area (Å²) in [6.45, 7) is 6.27. The van der Waals surface area contributed by atoms with E-state index < -0.39 is 0 Å². The molecule has 0 aromatic carbocycles. The van der Waals surface area contributed by atoms with E-state index in [2.05, 4.69) is 10.6 Å². The fourth-order valence-corrected chi connectivity index (χ4v) is 0.658. The van der Waals surface area contributed by atoms with Crippen LogP contribution in [0.4, 0.5) is 0 Å². The van der Waals surface area contributed by atoms with Crippen molar-refractivity contribution in [1.29, 1.82) is 0 Å². The minimum atomic E-state index is 0. The third-order valence-electron chi connectivity index (χ3n) is 1.28. The number of nitrogens with one attached hydrogen (secondary N) is 2. The van der Waals surface area contributed by atoms with Gasteiger partial charge in [0.25, 0.3) is 0 Å². The van der Waals surface area contributed by atoms with Gasteiger partial charge in [0.2, 0.25) is 0 Å². The van der Waals surface area contributed by atoms with Crippen LogP contribution in [-0.4, -0.2) is 52.4 Å². The van der Waals surface area contributed by atoms with Crippen molar-refractivity contribution >= 4 is 0 Å². The second kappa shape index (κ2) is 36.0. The van der Waals surface area contributed by atoms with Gasteiger partial charge in [-0.3, -0.25) is 0 Å². The summed E-state index contributed by atoms with van der Waals surface area (Å²) >= 11 is 0. The standard InChI is InChI=1S/2C4H13N3.2ClH.Cu/c2*5-1-3-7-4-2-6;;;/h2*7H,1-6H2;2*1H;/q;;;;+2/p-2. The molecule has 0 aliphatic heterocycles. The molecule has 0 heterocycles. The van der Waals surface area contributed by atoms with Crippen LogP contribution in [0.25, 0.3) is 0 Å². The van der Waals surface area contributed by atoms with E-state index >= 15 is 0 Å². The van der Waals surface area contributed by atoms with Crippen molar-refractivity contribution < 1.29 is 41.9 Å². The second-order valence-electron chi connectivity index (χ2n) is 2.65. The molecule has 0 fully saturated rings. The molecule has 0 aromatic heterocycles. The Bertz CT molecular complexity index is 76.4. The fraction of sp³-hybridized carbons (Fsp3) is 1.00. The van der Waals surface area contributed by atoms with Crippen molar-refractivity contribution in [2.45, 2.75) is 0 Å². The smallest absolute Gasteiger partial charge is 1.00 e. The Morgan fingerprint density at radius 1 is 0.529 bits per heavy atom. The van der Waals surface area contributed by atoms with Crippen LogP contribution in [0.1, 0.15) is 0 Å². The second-order valence-corrected chi connectivity index (χ2v) is 2.65. The predicted octanol–water partition coefficient (Wildman–Crippen LogP) is -9.01. The van der Waals surface area contributed by atoms with Crippen LogP contribution in [0.5, 0.6) is 0 Å². The molecule has 0 saturated carbocycles. The molecule has 0 atom stereocenters. The van der Waals surface area contributed by atoms with Gasteiger partial charge in [0.05, 0.1) is 0 Å². The van der Waals surface area contributed by atoms with Crippen LogP contribution < -0.4 is 58.4 Å². The molecule has 10 N–H and O–H groups in total. The third kappa shape index (κ3) is 47.4. The first-order chi connectivity index (χ1) is 6.83. The SMILES string of the molecule is NCCNCCN.NCCNCCN.[Cl-].[Cl-].[Cu+2]. The molecular weight excluding hydrogens is 315 g/mol. The summed E-state index contributed by atoms with van der Waals surface area (Å²) in [6, 6.07) is 0. The molecule has 113 valence electrons. The normalized spacial score (nSPS) is 7.76. The minimum Gasteiger partial charge on any atom is -1.00 e. The minimum absolute atomic E-state index is 0. The van der Waals surface area contributed by atoms with Gasteiger partial charge < -0.3 is 58.4 Å². The molecule has 0 bridgehead atoms. The van der Waals surface area contributed by atoms with Crippen molar-refractivity contribution in [3.8, 4) is 0 Å². The van der Waals surface area contributed by atoms with Gasteiger partial charge in [0.15, 0.2) is 0 Å². The topological polar surface area (TPSA) is 128 Å². The quantitative estimate of drug-likeness (QED) is 0.192. The van der Waals surface area contributed by atoms with Gasteiger partial charge in [-0.05, 0) is 0 Å². The third-order valence-corrected chi connectivity index (χ3v) is 1.28. The van der Waals surface area contributed by atoms with E-state index in [-0.39, 0.29) is 41.9 Å². The van der Waals surface area contributed by atoms with Crippen LogP contribution in [0.3, 0.4) is 0 Å². The molecule has 0 spiro atoms. The Morgan fingerprint density at radius 3 is 0.824 bits per heavy atom. The van der Waals surface area contributed by atoms with Gasteiger partial charge in [-0.1, -0.05) is 0 Å². The number of halogens is 2. The van der Waals surface area contributed by atoms with Crippen LogP contribution in [-0.2, 0) is 17.1 Å². The Morgan fingerprint density at radius 2 is 0.706 bits per heavy atom. The maximum absolute atomic E-state index is 5.17. The van der Waals surface area contributed by atoms with Gasteiger partial charge in [-0.25, -0.2) is 0 Å². The van der Waals surface area contributed by atoms with Crippen LogP contribution in [0.15, 0.2) is 0 Å². The van der Waals surface area contributed by atoms with E-state index in [0.29, 0.717) is 26.2 Å². The molecular formula is C8H26Cl2CuN6. The summed E-state index contributed by atoms with van der Waals surface area (Å²) in [6.07, 6.45) is 0. The van der Waals surface area contributed by atoms with E-state index in [9.17, 15) is 0 Å². The van der Waals surface area contributed by atoms with Gasteiger partial charge in [0.1, 0.15) is 0 Å². The van der Waals surface area contributed by atoms with E-state index in [1.54, 1.807) is 0 Å². The zero-order valence-corrected chi connectivity index (χ0v) is 12.5. The van der Waals surface area contributed by atoms with Crippen LogP contribution in [0, 0.1) is 0 Å². The van der Waals surface area contributed by atoms with Crippen molar-refractivity contribution in [2.75, 3.05) is 52.4 Å². The molecule has 0 rings (SSSR count). The molecule has 0 aliphatic carbocycles. The van der Waals surface area contributed by atoms with Crippen LogP contribution in [0.2, 0.25) is 0 Å². The molecule has 0 amide bonds. The molecule has 0 aromatic rings. The van der Waals surface area contributed by atoms with E-state index in [1.165, 1.54) is 0 Å². The number of hydrogen-bond acceptors (Lipinski definition) is 6. The summed E-state index contributed by atoms with van der Waals surface area (Å²) < 4.78 is 0. The first-order valence-electron chi connectivity index (χ1n) is 5.05. The Kier molecular flexibility index (Phi) is 64.9. The maximum Gasteiger partial charge on any atom is 2.00 e. The molecule has 9 heteroatoms. The van der Waals surface area contributed by atoms with E-state index in [1.807, 2.05) is 0 Å². The largest absolute Gasteiger partial charge is 2.00 e. The maximum atomic E-state index is 5.17. The number of nitrogens with two attached hydrogens (primary N) is 4. The summed E-state index contributed by atoms with van der Waals surface area (Å²) in [4.78, 5) is 0. The van der Waals surface area contributed by atoms with Crippen LogP contribution >= 0.6 is 0 Å². The van der Waals surface area contributed by atoms with Crippen molar-refractivity contribution in [3.63, 3.8) is 0 Å². The number of hydrogen-bond donors (Lipinski definition) is 6. The summed E-state index contributed by atoms with van der Waals surface area (Å²) in [5.41, 5.74) is 20.7. The molecule has 0 unspecified atom stereocenters. The van der Waals surface area contributed by atoms with Gasteiger partial charge in [0, 0.05) is 52.4 Å². The molecule has 17 heavy (non-hydrogen) atoms. The van der Waals surface area contributed by atoms with E-state index in [4.69, 9.17) is 22.9 Å². The van der Waals surface area contributed by atoms with E-state index in [0.717, 1.165) is 26.2 Å². The van der Waals surface area contributed by atoms with Gasteiger partial charge in [-0.15, -0.1) is 0 Å². The Balaban J connectivity index is -0.0000000480. The van der Waals surface area contributed by atoms with Crippen molar-refractivity contribution in [3.05, 3.63) is 0 Å². The zero-order chi connectivity index (χ0) is 11.1. The summed E-state index contributed by atoms with van der Waals surface area (Å²) in [5, 5.41) is 6.07. The number of rotatable bonds is 8. The molecule has 1 radical (unpaired) electrons. The average molecular weight is 341 g/mol. The average Bonchev–Trinajstić information content (AvgIpc) is 2.21. The summed E-state index contributed by atoms with van der Waals surface area (Å²) in [7, 11) is 0. The zero-order valence-electron chi connectivity index (χ0n) is 10.0. The first-order valence-corrected chi connectivity index (χ1v) is 5.05.